The van der Waals surface area contributed by atoms with Crippen molar-refractivity contribution in [3.8, 4) is 0 Å². The largest absolute Gasteiger partial charge is 0.398 e. The SMILES string of the molecule is NC(=O)c1ccc(S(=O)(=O)NCCC2CCCC2)c(N)c1. The molecule has 1 aliphatic rings. The molecule has 0 saturated heterocycles. The number of hydrogen-bond acceptors (Lipinski definition) is 4. The number of amides is 1. The highest BCUT2D eigenvalue weighted by Crippen LogP contribution is 2.27. The van der Waals surface area contributed by atoms with E-state index < -0.39 is 15.9 Å². The minimum Gasteiger partial charge on any atom is -0.398 e. The molecule has 1 aliphatic carbocycles. The molecule has 0 bridgehead atoms. The number of carbonyl (C=O) groups excluding carboxylic acids is 1. The molecule has 6 nitrogen and oxygen atoms in total. The van der Waals surface area contributed by atoms with Crippen LogP contribution in [-0.2, 0) is 10.0 Å². The van der Waals surface area contributed by atoms with Crippen LogP contribution in [0.25, 0.3) is 0 Å². The van der Waals surface area contributed by atoms with E-state index in [0.717, 1.165) is 6.42 Å². The first-order chi connectivity index (χ1) is 9.90. The van der Waals surface area contributed by atoms with Crippen LogP contribution in [0.5, 0.6) is 0 Å². The van der Waals surface area contributed by atoms with E-state index in [1.807, 2.05) is 0 Å². The molecule has 116 valence electrons. The van der Waals surface area contributed by atoms with Gasteiger partial charge in [0.1, 0.15) is 4.90 Å². The van der Waals surface area contributed by atoms with E-state index in [1.54, 1.807) is 0 Å². The highest BCUT2D eigenvalue weighted by Gasteiger charge is 2.20. The van der Waals surface area contributed by atoms with E-state index in [0.29, 0.717) is 12.5 Å². The zero-order valence-corrected chi connectivity index (χ0v) is 12.7. The number of nitrogens with one attached hydrogen (secondary N) is 1. The molecule has 0 heterocycles. The van der Waals surface area contributed by atoms with Gasteiger partial charge in [0.15, 0.2) is 0 Å². The summed E-state index contributed by atoms with van der Waals surface area (Å²) >= 11 is 0. The van der Waals surface area contributed by atoms with Crippen molar-refractivity contribution in [2.75, 3.05) is 12.3 Å². The minimum atomic E-state index is -3.65. The zero-order valence-electron chi connectivity index (χ0n) is 11.8. The van der Waals surface area contributed by atoms with Gasteiger partial charge in [0.2, 0.25) is 15.9 Å². The van der Waals surface area contributed by atoms with E-state index in [9.17, 15) is 13.2 Å². The van der Waals surface area contributed by atoms with Gasteiger partial charge in [0.25, 0.3) is 0 Å². The summed E-state index contributed by atoms with van der Waals surface area (Å²) in [5.41, 5.74) is 11.1. The Labute approximate surface area is 124 Å². The summed E-state index contributed by atoms with van der Waals surface area (Å²) in [5.74, 6) is -0.0258. The van der Waals surface area contributed by atoms with Gasteiger partial charge in [-0.15, -0.1) is 0 Å². The minimum absolute atomic E-state index is 0.0149. The standard InChI is InChI=1S/C14H21N3O3S/c15-12-9-11(14(16)18)5-6-13(12)21(19,20)17-8-7-10-3-1-2-4-10/h5-6,9-10,17H,1-4,7-8,15H2,(H2,16,18). The maximum atomic E-state index is 12.2. The molecule has 7 heteroatoms. The van der Waals surface area contributed by atoms with Crippen LogP contribution in [0, 0.1) is 5.92 Å². The lowest BCUT2D eigenvalue weighted by Crippen LogP contribution is -2.27. The summed E-state index contributed by atoms with van der Waals surface area (Å²) in [6.45, 7) is 0.407. The molecule has 1 saturated carbocycles. The van der Waals surface area contributed by atoms with E-state index in [1.165, 1.54) is 43.9 Å². The molecule has 21 heavy (non-hydrogen) atoms. The molecule has 0 spiro atoms. The fourth-order valence-corrected chi connectivity index (χ4v) is 3.88. The van der Waals surface area contributed by atoms with Crippen molar-refractivity contribution in [2.24, 2.45) is 11.7 Å². The second kappa shape index (κ2) is 6.44. The van der Waals surface area contributed by atoms with Crippen molar-refractivity contribution in [3.63, 3.8) is 0 Å². The number of hydrogen-bond donors (Lipinski definition) is 3. The maximum Gasteiger partial charge on any atom is 0.248 e. The molecular formula is C14H21N3O3S. The lowest BCUT2D eigenvalue weighted by molar-refractivity contribution is 0.1000. The van der Waals surface area contributed by atoms with Crippen molar-refractivity contribution in [1.29, 1.82) is 0 Å². The topological polar surface area (TPSA) is 115 Å². The maximum absolute atomic E-state index is 12.2. The van der Waals surface area contributed by atoms with Crippen LogP contribution >= 0.6 is 0 Å². The summed E-state index contributed by atoms with van der Waals surface area (Å²) in [6, 6.07) is 3.96. The fourth-order valence-electron chi connectivity index (χ4n) is 2.72. The van der Waals surface area contributed by atoms with Crippen LogP contribution in [0.4, 0.5) is 5.69 Å². The van der Waals surface area contributed by atoms with Crippen molar-refractivity contribution in [3.05, 3.63) is 23.8 Å². The highest BCUT2D eigenvalue weighted by molar-refractivity contribution is 7.89. The van der Waals surface area contributed by atoms with Crippen LogP contribution in [0.1, 0.15) is 42.5 Å². The summed E-state index contributed by atoms with van der Waals surface area (Å²) < 4.78 is 27.0. The van der Waals surface area contributed by atoms with E-state index in [-0.39, 0.29) is 16.1 Å². The Balaban J connectivity index is 2.03. The molecule has 0 aromatic heterocycles. The van der Waals surface area contributed by atoms with Crippen LogP contribution in [0.2, 0.25) is 0 Å². The Kier molecular flexibility index (Phi) is 4.84. The third-order valence-electron chi connectivity index (χ3n) is 3.90. The molecule has 0 radical (unpaired) electrons. The molecule has 1 aromatic carbocycles. The number of carbonyl (C=O) groups is 1. The van der Waals surface area contributed by atoms with Gasteiger partial charge in [-0.1, -0.05) is 25.7 Å². The Morgan fingerprint density at radius 3 is 2.52 bits per heavy atom. The number of benzene rings is 1. The quantitative estimate of drug-likeness (QED) is 0.685. The van der Waals surface area contributed by atoms with Gasteiger partial charge in [0, 0.05) is 12.1 Å². The van der Waals surface area contributed by atoms with E-state index in [4.69, 9.17) is 11.5 Å². The molecule has 1 amide bonds. The molecular weight excluding hydrogens is 290 g/mol. The van der Waals surface area contributed by atoms with Gasteiger partial charge in [0.05, 0.1) is 5.69 Å². The van der Waals surface area contributed by atoms with Crippen LogP contribution in [-0.4, -0.2) is 20.9 Å². The van der Waals surface area contributed by atoms with Crippen molar-refractivity contribution < 1.29 is 13.2 Å². The van der Waals surface area contributed by atoms with E-state index in [2.05, 4.69) is 4.72 Å². The first-order valence-electron chi connectivity index (χ1n) is 7.09. The van der Waals surface area contributed by atoms with Crippen molar-refractivity contribution in [2.45, 2.75) is 37.0 Å². The van der Waals surface area contributed by atoms with Gasteiger partial charge >= 0.3 is 0 Å². The molecule has 0 aliphatic heterocycles. The number of rotatable bonds is 6. The van der Waals surface area contributed by atoms with Gasteiger partial charge in [-0.25, -0.2) is 13.1 Å². The smallest absolute Gasteiger partial charge is 0.248 e. The van der Waals surface area contributed by atoms with Gasteiger partial charge in [-0.2, -0.15) is 0 Å². The van der Waals surface area contributed by atoms with Gasteiger partial charge < -0.3 is 11.5 Å². The molecule has 0 unspecified atom stereocenters. The third-order valence-corrected chi connectivity index (χ3v) is 5.44. The van der Waals surface area contributed by atoms with Crippen LogP contribution < -0.4 is 16.2 Å². The van der Waals surface area contributed by atoms with Crippen molar-refractivity contribution in [1.82, 2.24) is 4.72 Å². The highest BCUT2D eigenvalue weighted by atomic mass is 32.2. The third kappa shape index (κ3) is 3.95. The molecule has 5 N–H and O–H groups in total. The monoisotopic (exact) mass is 311 g/mol. The average Bonchev–Trinajstić information content (AvgIpc) is 2.91. The Morgan fingerprint density at radius 1 is 1.29 bits per heavy atom. The van der Waals surface area contributed by atoms with Crippen LogP contribution in [0.15, 0.2) is 23.1 Å². The van der Waals surface area contributed by atoms with E-state index >= 15 is 0 Å². The number of nitrogen functional groups attached to an aromatic ring is 1. The molecule has 1 fully saturated rings. The molecule has 1 aromatic rings. The Hall–Kier alpha value is -1.60. The molecule has 0 atom stereocenters. The summed E-state index contributed by atoms with van der Waals surface area (Å²) in [7, 11) is -3.65. The van der Waals surface area contributed by atoms with Crippen LogP contribution in [0.3, 0.4) is 0 Å². The van der Waals surface area contributed by atoms with Crippen molar-refractivity contribution >= 4 is 21.6 Å². The lowest BCUT2D eigenvalue weighted by Gasteiger charge is -2.12. The Morgan fingerprint density at radius 2 is 1.95 bits per heavy atom. The summed E-state index contributed by atoms with van der Waals surface area (Å²) in [6.07, 6.45) is 5.67. The number of nitrogens with two attached hydrogens (primary N) is 2. The normalized spacial score (nSPS) is 16.2. The second-order valence-electron chi connectivity index (χ2n) is 5.45. The predicted octanol–water partition coefficient (Wildman–Crippen LogP) is 1.23. The number of sulfonamides is 1. The Bertz CT molecular complexity index is 622. The average molecular weight is 311 g/mol. The van der Waals surface area contributed by atoms with Gasteiger partial charge in [-0.05, 0) is 30.5 Å². The van der Waals surface area contributed by atoms with Gasteiger partial charge in [-0.3, -0.25) is 4.79 Å². The fraction of sp³-hybridized carbons (Fsp3) is 0.500. The second-order valence-corrected chi connectivity index (χ2v) is 7.19. The molecule has 2 rings (SSSR count). The lowest BCUT2D eigenvalue weighted by atomic mass is 10.1. The zero-order chi connectivity index (χ0) is 15.5. The predicted molar refractivity (Wildman–Crippen MR) is 81.1 cm³/mol. The summed E-state index contributed by atoms with van der Waals surface area (Å²) in [4.78, 5) is 11.0. The number of primary amides is 1. The summed E-state index contributed by atoms with van der Waals surface area (Å²) in [5, 5.41) is 0. The first-order valence-corrected chi connectivity index (χ1v) is 8.57. The first kappa shape index (κ1) is 15.8. The number of anilines is 1.